The second kappa shape index (κ2) is 6.23. The molecule has 0 radical (unpaired) electrons. The Morgan fingerprint density at radius 2 is 1.89 bits per heavy atom. The van der Waals surface area contributed by atoms with Crippen molar-refractivity contribution >= 4 is 11.7 Å². The molecule has 2 fully saturated rings. The minimum Gasteiger partial charge on any atom is -0.409 e. The molecule has 6 nitrogen and oxygen atoms in total. The van der Waals surface area contributed by atoms with Gasteiger partial charge in [0.2, 0.25) is 5.91 Å². The van der Waals surface area contributed by atoms with Crippen LogP contribution >= 0.6 is 0 Å². The molecule has 19 heavy (non-hydrogen) atoms. The zero-order chi connectivity index (χ0) is 13.7. The Hall–Kier alpha value is -1.30. The zero-order valence-electron chi connectivity index (χ0n) is 11.2. The van der Waals surface area contributed by atoms with Crippen LogP contribution < -0.4 is 11.1 Å². The van der Waals surface area contributed by atoms with Crippen molar-refractivity contribution in [3.8, 4) is 0 Å². The topological polar surface area (TPSA) is 96.9 Å². The van der Waals surface area contributed by atoms with Crippen LogP contribution in [0.5, 0.6) is 0 Å². The maximum atomic E-state index is 12.6. The standard InChI is InChI=1S/C13H23N3O3/c14-11(16-18)13(6-8-19-9-7-13)12(17)15-10-4-2-1-3-5-10/h10,18H,1-9H2,(H2,14,16)(H,15,17). The number of nitrogens with one attached hydrogen (secondary N) is 1. The quantitative estimate of drug-likeness (QED) is 0.308. The van der Waals surface area contributed by atoms with Crippen molar-refractivity contribution < 1.29 is 14.7 Å². The third kappa shape index (κ3) is 3.00. The Labute approximate surface area is 113 Å². The summed E-state index contributed by atoms with van der Waals surface area (Å²) in [5.74, 6) is -0.109. The van der Waals surface area contributed by atoms with Crippen molar-refractivity contribution in [2.45, 2.75) is 51.0 Å². The minimum atomic E-state index is -0.898. The third-order valence-corrected chi connectivity index (χ3v) is 4.32. The number of amides is 1. The molecule has 0 spiro atoms. The van der Waals surface area contributed by atoms with Gasteiger partial charge in [-0.2, -0.15) is 0 Å². The van der Waals surface area contributed by atoms with Gasteiger partial charge in [-0.3, -0.25) is 4.79 Å². The maximum Gasteiger partial charge on any atom is 0.234 e. The van der Waals surface area contributed by atoms with Crippen molar-refractivity contribution in [2.24, 2.45) is 16.3 Å². The second-order valence-electron chi connectivity index (χ2n) is 5.49. The Bertz CT molecular complexity index is 345. The molecule has 2 aliphatic rings. The lowest BCUT2D eigenvalue weighted by Crippen LogP contribution is -2.55. The summed E-state index contributed by atoms with van der Waals surface area (Å²) in [6.07, 6.45) is 6.55. The molecule has 0 aromatic heterocycles. The zero-order valence-corrected chi connectivity index (χ0v) is 11.2. The summed E-state index contributed by atoms with van der Waals surface area (Å²) in [5, 5.41) is 15.1. The maximum absolute atomic E-state index is 12.6. The van der Waals surface area contributed by atoms with Crippen molar-refractivity contribution in [1.82, 2.24) is 5.32 Å². The number of amidine groups is 1. The molecule has 6 heteroatoms. The first-order valence-electron chi connectivity index (χ1n) is 7.06. The van der Waals surface area contributed by atoms with E-state index in [9.17, 15) is 4.79 Å². The Morgan fingerprint density at radius 3 is 2.47 bits per heavy atom. The van der Waals surface area contributed by atoms with E-state index in [-0.39, 0.29) is 17.8 Å². The van der Waals surface area contributed by atoms with Gasteiger partial charge in [0.15, 0.2) is 5.84 Å². The molecular weight excluding hydrogens is 246 g/mol. The van der Waals surface area contributed by atoms with Gasteiger partial charge >= 0.3 is 0 Å². The fourth-order valence-electron chi connectivity index (χ4n) is 2.99. The van der Waals surface area contributed by atoms with Gasteiger partial charge in [0.05, 0.1) is 0 Å². The molecule has 108 valence electrons. The van der Waals surface area contributed by atoms with E-state index in [1.807, 2.05) is 0 Å². The van der Waals surface area contributed by atoms with Gasteiger partial charge in [0.25, 0.3) is 0 Å². The van der Waals surface area contributed by atoms with E-state index in [0.29, 0.717) is 26.1 Å². The van der Waals surface area contributed by atoms with Gasteiger partial charge in [-0.05, 0) is 25.7 Å². The monoisotopic (exact) mass is 269 g/mol. The van der Waals surface area contributed by atoms with Crippen LogP contribution in [0.3, 0.4) is 0 Å². The van der Waals surface area contributed by atoms with Gasteiger partial charge < -0.3 is 21.0 Å². The number of carbonyl (C=O) groups is 1. The number of ether oxygens (including phenoxy) is 1. The summed E-state index contributed by atoms with van der Waals surface area (Å²) >= 11 is 0. The van der Waals surface area contributed by atoms with Crippen LogP contribution in [0.2, 0.25) is 0 Å². The first-order valence-corrected chi connectivity index (χ1v) is 7.06. The highest BCUT2D eigenvalue weighted by molar-refractivity contribution is 6.06. The molecule has 1 saturated carbocycles. The molecule has 2 rings (SSSR count). The summed E-state index contributed by atoms with van der Waals surface area (Å²) in [6.45, 7) is 0.933. The van der Waals surface area contributed by atoms with Gasteiger partial charge in [-0.25, -0.2) is 0 Å². The summed E-state index contributed by atoms with van der Waals surface area (Å²) < 4.78 is 5.29. The molecule has 0 aromatic rings. The van der Waals surface area contributed by atoms with Crippen LogP contribution in [0.4, 0.5) is 0 Å². The van der Waals surface area contributed by atoms with Gasteiger partial charge in [0, 0.05) is 19.3 Å². The van der Waals surface area contributed by atoms with Crippen molar-refractivity contribution in [2.75, 3.05) is 13.2 Å². The average molecular weight is 269 g/mol. The van der Waals surface area contributed by atoms with Crippen LogP contribution in [0.25, 0.3) is 0 Å². The summed E-state index contributed by atoms with van der Waals surface area (Å²) in [5.41, 5.74) is 4.87. The van der Waals surface area contributed by atoms with Gasteiger partial charge in [0.1, 0.15) is 5.41 Å². The van der Waals surface area contributed by atoms with Crippen LogP contribution in [0, 0.1) is 5.41 Å². The lowest BCUT2D eigenvalue weighted by Gasteiger charge is -2.36. The summed E-state index contributed by atoms with van der Waals surface area (Å²) in [7, 11) is 0. The molecular formula is C13H23N3O3. The van der Waals surface area contributed by atoms with Crippen molar-refractivity contribution in [3.05, 3.63) is 0 Å². The largest absolute Gasteiger partial charge is 0.409 e. The molecule has 0 unspecified atom stereocenters. The molecule has 0 bridgehead atoms. The number of nitrogens with two attached hydrogens (primary N) is 1. The number of hydrogen-bond acceptors (Lipinski definition) is 4. The lowest BCUT2D eigenvalue weighted by molar-refractivity contribution is -0.132. The summed E-state index contributed by atoms with van der Waals surface area (Å²) in [4.78, 5) is 12.6. The third-order valence-electron chi connectivity index (χ3n) is 4.32. The number of hydrogen-bond donors (Lipinski definition) is 3. The van der Waals surface area contributed by atoms with E-state index in [4.69, 9.17) is 15.7 Å². The van der Waals surface area contributed by atoms with Gasteiger partial charge in [-0.15, -0.1) is 0 Å². The van der Waals surface area contributed by atoms with Crippen LogP contribution in [-0.4, -0.2) is 36.2 Å². The predicted molar refractivity (Wildman–Crippen MR) is 70.9 cm³/mol. The lowest BCUT2D eigenvalue weighted by atomic mass is 9.77. The molecule has 0 aromatic carbocycles. The minimum absolute atomic E-state index is 0.00381. The van der Waals surface area contributed by atoms with E-state index >= 15 is 0 Å². The van der Waals surface area contributed by atoms with Crippen LogP contribution in [0.1, 0.15) is 44.9 Å². The number of nitrogens with zero attached hydrogens (tertiary/aromatic N) is 1. The number of rotatable bonds is 3. The van der Waals surface area contributed by atoms with Crippen molar-refractivity contribution in [1.29, 1.82) is 0 Å². The fraction of sp³-hybridized carbons (Fsp3) is 0.846. The molecule has 1 heterocycles. The van der Waals surface area contributed by atoms with Crippen LogP contribution in [-0.2, 0) is 9.53 Å². The molecule has 1 aliphatic carbocycles. The average Bonchev–Trinajstić information content (AvgIpc) is 2.48. The Kier molecular flexibility index (Phi) is 4.63. The van der Waals surface area contributed by atoms with E-state index < -0.39 is 5.41 Å². The summed E-state index contributed by atoms with van der Waals surface area (Å²) in [6, 6.07) is 0.229. The van der Waals surface area contributed by atoms with Crippen molar-refractivity contribution in [3.63, 3.8) is 0 Å². The van der Waals surface area contributed by atoms with Crippen LogP contribution in [0.15, 0.2) is 5.16 Å². The fourth-order valence-corrected chi connectivity index (χ4v) is 2.99. The van der Waals surface area contributed by atoms with E-state index in [2.05, 4.69) is 10.5 Å². The SMILES string of the molecule is NC(=NO)C1(C(=O)NC2CCCCC2)CCOCC1. The first-order chi connectivity index (χ1) is 9.19. The Balaban J connectivity index is 2.06. The molecule has 0 atom stereocenters. The van der Waals surface area contributed by atoms with E-state index in [1.54, 1.807) is 0 Å². The molecule has 4 N–H and O–H groups in total. The highest BCUT2D eigenvalue weighted by Gasteiger charge is 2.45. The number of carbonyl (C=O) groups excluding carboxylic acids is 1. The highest BCUT2D eigenvalue weighted by Crippen LogP contribution is 2.32. The smallest absolute Gasteiger partial charge is 0.234 e. The van der Waals surface area contributed by atoms with E-state index in [0.717, 1.165) is 25.7 Å². The normalized spacial score (nSPS) is 24.9. The molecule has 1 aliphatic heterocycles. The van der Waals surface area contributed by atoms with Gasteiger partial charge in [-0.1, -0.05) is 24.4 Å². The first kappa shape index (κ1) is 14.1. The Morgan fingerprint density at radius 1 is 1.26 bits per heavy atom. The number of oxime groups is 1. The molecule has 1 amide bonds. The van der Waals surface area contributed by atoms with E-state index in [1.165, 1.54) is 6.42 Å². The highest BCUT2D eigenvalue weighted by atomic mass is 16.5. The molecule has 1 saturated heterocycles. The second-order valence-corrected chi connectivity index (χ2v) is 5.49. The predicted octanol–water partition coefficient (Wildman–Crippen LogP) is 0.978.